The lowest BCUT2D eigenvalue weighted by Crippen LogP contribution is -2.22. The monoisotopic (exact) mass is 306 g/mol. The number of anilines is 1. The molecule has 0 unspecified atom stereocenters. The molecule has 1 aliphatic heterocycles. The number of nitrogens with one attached hydrogen (secondary N) is 2. The lowest BCUT2D eigenvalue weighted by molar-refractivity contribution is -0.110. The van der Waals surface area contributed by atoms with Crippen LogP contribution in [0.5, 0.6) is 0 Å². The van der Waals surface area contributed by atoms with Gasteiger partial charge in [-0.25, -0.2) is 0 Å². The lowest BCUT2D eigenvalue weighted by Gasteiger charge is -2.29. The highest BCUT2D eigenvalue weighted by Crippen LogP contribution is 2.39. The summed E-state index contributed by atoms with van der Waals surface area (Å²) in [7, 11) is 0. The van der Waals surface area contributed by atoms with Crippen LogP contribution in [0, 0.1) is 6.92 Å². The van der Waals surface area contributed by atoms with E-state index >= 15 is 0 Å². The molecule has 4 rings (SSSR count). The Morgan fingerprint density at radius 2 is 2.09 bits per heavy atom. The van der Waals surface area contributed by atoms with Crippen molar-refractivity contribution in [1.82, 2.24) is 4.98 Å². The van der Waals surface area contributed by atoms with Crippen LogP contribution >= 0.6 is 0 Å². The second-order valence-electron chi connectivity index (χ2n) is 7.36. The highest BCUT2D eigenvalue weighted by molar-refractivity contribution is 6.35. The maximum absolute atomic E-state index is 12.4. The standard InChI is InChI=1S/C20H22N2O/c1-12-6-4-7-17-18(12)14(19(23)22-17)10-13-11-15-16(21-13)8-5-9-20(15,2)3/h4,6-7,10-11,21H,5,8-9H2,1-3H3,(H,22,23). The molecular weight excluding hydrogens is 284 g/mol. The van der Waals surface area contributed by atoms with E-state index in [0.717, 1.165) is 34.5 Å². The molecule has 0 spiro atoms. The van der Waals surface area contributed by atoms with E-state index in [9.17, 15) is 4.79 Å². The molecule has 1 amide bonds. The summed E-state index contributed by atoms with van der Waals surface area (Å²) in [4.78, 5) is 15.9. The highest BCUT2D eigenvalue weighted by atomic mass is 16.2. The molecule has 1 aromatic carbocycles. The van der Waals surface area contributed by atoms with E-state index in [2.05, 4.69) is 43.2 Å². The van der Waals surface area contributed by atoms with Gasteiger partial charge in [0, 0.05) is 22.6 Å². The van der Waals surface area contributed by atoms with Gasteiger partial charge < -0.3 is 10.3 Å². The van der Waals surface area contributed by atoms with Gasteiger partial charge in [0.1, 0.15) is 0 Å². The molecule has 0 radical (unpaired) electrons. The summed E-state index contributed by atoms with van der Waals surface area (Å²) in [5, 5.41) is 2.97. The predicted molar refractivity (Wildman–Crippen MR) is 94.4 cm³/mol. The van der Waals surface area contributed by atoms with Crippen molar-refractivity contribution in [2.75, 3.05) is 5.32 Å². The maximum Gasteiger partial charge on any atom is 0.256 e. The van der Waals surface area contributed by atoms with Crippen LogP contribution in [-0.4, -0.2) is 10.9 Å². The topological polar surface area (TPSA) is 44.9 Å². The minimum Gasteiger partial charge on any atom is -0.359 e. The van der Waals surface area contributed by atoms with Crippen LogP contribution in [0.3, 0.4) is 0 Å². The van der Waals surface area contributed by atoms with Crippen LogP contribution in [0.25, 0.3) is 11.6 Å². The molecule has 0 bridgehead atoms. The van der Waals surface area contributed by atoms with Gasteiger partial charge in [0.05, 0.1) is 5.57 Å². The van der Waals surface area contributed by atoms with Gasteiger partial charge in [-0.3, -0.25) is 4.79 Å². The zero-order valence-electron chi connectivity index (χ0n) is 13.9. The van der Waals surface area contributed by atoms with Crippen molar-refractivity contribution >= 4 is 23.2 Å². The van der Waals surface area contributed by atoms with Crippen molar-refractivity contribution in [3.8, 4) is 0 Å². The van der Waals surface area contributed by atoms with Crippen molar-refractivity contribution in [1.29, 1.82) is 0 Å². The van der Waals surface area contributed by atoms with Gasteiger partial charge in [-0.15, -0.1) is 0 Å². The van der Waals surface area contributed by atoms with Crippen molar-refractivity contribution in [3.63, 3.8) is 0 Å². The molecule has 118 valence electrons. The molecule has 23 heavy (non-hydrogen) atoms. The Kier molecular flexibility index (Phi) is 3.02. The predicted octanol–water partition coefficient (Wildman–Crippen LogP) is 4.43. The van der Waals surface area contributed by atoms with Crippen molar-refractivity contribution < 1.29 is 4.79 Å². The van der Waals surface area contributed by atoms with E-state index in [0.29, 0.717) is 0 Å². The molecule has 2 N–H and O–H groups in total. The third kappa shape index (κ3) is 2.23. The number of rotatable bonds is 1. The van der Waals surface area contributed by atoms with Crippen LogP contribution in [0.2, 0.25) is 0 Å². The number of aromatic amines is 1. The zero-order chi connectivity index (χ0) is 16.2. The van der Waals surface area contributed by atoms with Gasteiger partial charge in [0.2, 0.25) is 0 Å². The normalized spacial score (nSPS) is 20.3. The highest BCUT2D eigenvalue weighted by Gasteiger charge is 2.30. The number of carbonyl (C=O) groups excluding carboxylic acids is 1. The first-order chi connectivity index (χ1) is 11.0. The summed E-state index contributed by atoms with van der Waals surface area (Å²) < 4.78 is 0. The second-order valence-corrected chi connectivity index (χ2v) is 7.36. The number of aryl methyl sites for hydroxylation is 2. The van der Waals surface area contributed by atoms with Crippen molar-refractivity contribution in [2.45, 2.75) is 45.4 Å². The summed E-state index contributed by atoms with van der Waals surface area (Å²) in [6.07, 6.45) is 5.54. The van der Waals surface area contributed by atoms with Crippen molar-refractivity contribution in [2.24, 2.45) is 0 Å². The average molecular weight is 306 g/mol. The molecular formula is C20H22N2O. The number of amides is 1. The summed E-state index contributed by atoms with van der Waals surface area (Å²) >= 11 is 0. The number of hydrogen-bond donors (Lipinski definition) is 2. The van der Waals surface area contributed by atoms with Gasteiger partial charge in [0.25, 0.3) is 5.91 Å². The summed E-state index contributed by atoms with van der Waals surface area (Å²) in [6, 6.07) is 8.22. The number of benzene rings is 1. The number of carbonyl (C=O) groups is 1. The summed E-state index contributed by atoms with van der Waals surface area (Å²) in [5.41, 5.74) is 7.81. The van der Waals surface area contributed by atoms with E-state index in [-0.39, 0.29) is 11.3 Å². The van der Waals surface area contributed by atoms with Gasteiger partial charge in [-0.05, 0) is 60.9 Å². The molecule has 2 heterocycles. The summed E-state index contributed by atoms with van der Waals surface area (Å²) in [6.45, 7) is 6.66. The van der Waals surface area contributed by atoms with Crippen LogP contribution in [0.4, 0.5) is 5.69 Å². The van der Waals surface area contributed by atoms with Gasteiger partial charge in [-0.1, -0.05) is 26.0 Å². The number of hydrogen-bond acceptors (Lipinski definition) is 1. The molecule has 0 fully saturated rings. The molecule has 1 aliphatic carbocycles. The smallest absolute Gasteiger partial charge is 0.256 e. The fourth-order valence-electron chi connectivity index (χ4n) is 3.97. The Hall–Kier alpha value is -2.29. The molecule has 0 saturated carbocycles. The Morgan fingerprint density at radius 3 is 2.87 bits per heavy atom. The number of aromatic nitrogens is 1. The van der Waals surface area contributed by atoms with Crippen molar-refractivity contribution in [3.05, 3.63) is 52.3 Å². The van der Waals surface area contributed by atoms with Crippen LogP contribution < -0.4 is 5.32 Å². The van der Waals surface area contributed by atoms with E-state index < -0.39 is 0 Å². The molecule has 2 aromatic rings. The number of H-pyrrole nitrogens is 1. The lowest BCUT2D eigenvalue weighted by atomic mass is 9.75. The minimum absolute atomic E-state index is 0.0128. The van der Waals surface area contributed by atoms with Crippen LogP contribution in [-0.2, 0) is 16.6 Å². The number of fused-ring (bicyclic) bond motifs is 2. The zero-order valence-corrected chi connectivity index (χ0v) is 13.9. The maximum atomic E-state index is 12.4. The second kappa shape index (κ2) is 4.85. The Balaban J connectivity index is 1.81. The molecule has 0 atom stereocenters. The largest absolute Gasteiger partial charge is 0.359 e. The first kappa shape index (κ1) is 14.3. The third-order valence-corrected chi connectivity index (χ3v) is 5.21. The Labute approximate surface area is 136 Å². The quantitative estimate of drug-likeness (QED) is 0.752. The first-order valence-electron chi connectivity index (χ1n) is 8.31. The minimum atomic E-state index is -0.0128. The summed E-state index contributed by atoms with van der Waals surface area (Å²) in [5.74, 6) is -0.0128. The van der Waals surface area contributed by atoms with E-state index in [1.165, 1.54) is 24.1 Å². The third-order valence-electron chi connectivity index (χ3n) is 5.21. The Morgan fingerprint density at radius 1 is 1.26 bits per heavy atom. The van der Waals surface area contributed by atoms with Crippen LogP contribution in [0.1, 0.15) is 54.8 Å². The molecule has 3 nitrogen and oxygen atoms in total. The van der Waals surface area contributed by atoms with Gasteiger partial charge in [-0.2, -0.15) is 0 Å². The first-order valence-corrected chi connectivity index (χ1v) is 8.31. The SMILES string of the molecule is Cc1cccc2c1C(=Cc1cc3c([nH]1)CCCC3(C)C)C(=O)N2. The molecule has 0 saturated heterocycles. The van der Waals surface area contributed by atoms with Gasteiger partial charge in [0.15, 0.2) is 0 Å². The van der Waals surface area contributed by atoms with Gasteiger partial charge >= 0.3 is 0 Å². The van der Waals surface area contributed by atoms with E-state index in [1.807, 2.05) is 18.2 Å². The Bertz CT molecular complexity index is 839. The fourth-order valence-corrected chi connectivity index (χ4v) is 3.97. The molecule has 3 heteroatoms. The average Bonchev–Trinajstić information content (AvgIpc) is 3.03. The van der Waals surface area contributed by atoms with Crippen LogP contribution in [0.15, 0.2) is 24.3 Å². The van der Waals surface area contributed by atoms with E-state index in [1.54, 1.807) is 0 Å². The molecule has 1 aromatic heterocycles. The fraction of sp³-hybridized carbons (Fsp3) is 0.350. The molecule has 2 aliphatic rings. The van der Waals surface area contributed by atoms with E-state index in [4.69, 9.17) is 0 Å².